The van der Waals surface area contributed by atoms with Crippen molar-refractivity contribution in [2.45, 2.75) is 24.9 Å². The lowest BCUT2D eigenvalue weighted by molar-refractivity contribution is 0.0903. The molecule has 0 aliphatic carbocycles. The molecule has 2 aliphatic heterocycles. The number of ether oxygens (including phenoxy) is 2. The van der Waals surface area contributed by atoms with E-state index < -0.39 is 11.9 Å². The third kappa shape index (κ3) is 4.86. The number of nitrogens with one attached hydrogen (secondary N) is 1. The molecule has 1 aromatic carbocycles. The van der Waals surface area contributed by atoms with Gasteiger partial charge in [0.15, 0.2) is 11.6 Å². The molecule has 4 rings (SSSR count). The fourth-order valence-corrected chi connectivity index (χ4v) is 3.87. The van der Waals surface area contributed by atoms with Crippen LogP contribution in [0.3, 0.4) is 0 Å². The van der Waals surface area contributed by atoms with E-state index in [9.17, 15) is 9.50 Å². The van der Waals surface area contributed by atoms with Crippen molar-refractivity contribution in [3.05, 3.63) is 65.9 Å². The van der Waals surface area contributed by atoms with Crippen LogP contribution in [0.25, 0.3) is 5.57 Å². The molecule has 31 heavy (non-hydrogen) atoms. The molecule has 0 bridgehead atoms. The lowest BCUT2D eigenvalue weighted by Crippen LogP contribution is -2.29. The van der Waals surface area contributed by atoms with Gasteiger partial charge in [-0.05, 0) is 36.6 Å². The molecular formula is C23H27FN4O3. The topological polar surface area (TPSA) is 79.7 Å². The summed E-state index contributed by atoms with van der Waals surface area (Å²) in [4.78, 5) is 10.9. The van der Waals surface area contributed by atoms with Gasteiger partial charge in [0.1, 0.15) is 0 Å². The maximum Gasteiger partial charge on any atom is 0.223 e. The van der Waals surface area contributed by atoms with Crippen molar-refractivity contribution in [1.29, 1.82) is 0 Å². The first-order valence-electron chi connectivity index (χ1n) is 10.4. The van der Waals surface area contributed by atoms with Gasteiger partial charge in [-0.25, -0.2) is 14.4 Å². The van der Waals surface area contributed by atoms with Crippen molar-refractivity contribution in [2.75, 3.05) is 38.8 Å². The zero-order valence-electron chi connectivity index (χ0n) is 17.5. The number of methoxy groups -OCH3 is 1. The second kappa shape index (κ2) is 9.89. The Morgan fingerprint density at radius 2 is 2.16 bits per heavy atom. The van der Waals surface area contributed by atoms with Crippen LogP contribution in [0.5, 0.6) is 5.75 Å². The molecule has 0 saturated carbocycles. The number of allylic oxidation sites excluding steroid dienone is 2. The largest absolute Gasteiger partial charge is 0.494 e. The summed E-state index contributed by atoms with van der Waals surface area (Å²) in [5.41, 5.74) is 2.17. The summed E-state index contributed by atoms with van der Waals surface area (Å²) in [5.74, 6) is 0.318. The van der Waals surface area contributed by atoms with Gasteiger partial charge in [0.05, 0.1) is 25.5 Å². The fraction of sp³-hybridized carbons (Fsp3) is 0.391. The maximum absolute atomic E-state index is 14.7. The molecule has 2 N–H and O–H groups in total. The summed E-state index contributed by atoms with van der Waals surface area (Å²) in [6, 6.07) is 6.64. The van der Waals surface area contributed by atoms with Gasteiger partial charge in [0, 0.05) is 43.8 Å². The van der Waals surface area contributed by atoms with Crippen molar-refractivity contribution < 1.29 is 19.0 Å². The molecule has 0 spiro atoms. The number of benzene rings is 1. The molecule has 2 aliphatic rings. The Morgan fingerprint density at radius 3 is 2.87 bits per heavy atom. The summed E-state index contributed by atoms with van der Waals surface area (Å²) in [6.45, 7) is 1.80. The van der Waals surface area contributed by atoms with E-state index in [0.29, 0.717) is 24.1 Å². The second-order valence-electron chi connectivity index (χ2n) is 7.53. The van der Waals surface area contributed by atoms with Gasteiger partial charge >= 0.3 is 0 Å². The van der Waals surface area contributed by atoms with E-state index in [2.05, 4.69) is 15.3 Å². The van der Waals surface area contributed by atoms with Gasteiger partial charge in [0.2, 0.25) is 5.95 Å². The number of aliphatic hydroxyl groups excluding tert-OH is 1. The molecule has 0 amide bonds. The third-order valence-corrected chi connectivity index (χ3v) is 5.62. The molecule has 0 radical (unpaired) electrons. The van der Waals surface area contributed by atoms with E-state index in [0.717, 1.165) is 37.3 Å². The van der Waals surface area contributed by atoms with Crippen LogP contribution in [0, 0.1) is 5.82 Å². The van der Waals surface area contributed by atoms with Crippen molar-refractivity contribution in [3.63, 3.8) is 0 Å². The summed E-state index contributed by atoms with van der Waals surface area (Å²) >= 11 is 0. The van der Waals surface area contributed by atoms with Crippen LogP contribution in [-0.4, -0.2) is 59.5 Å². The minimum absolute atomic E-state index is 0.165. The monoisotopic (exact) mass is 426 g/mol. The van der Waals surface area contributed by atoms with Crippen LogP contribution in [0.1, 0.15) is 30.1 Å². The predicted octanol–water partition coefficient (Wildman–Crippen LogP) is 3.16. The van der Waals surface area contributed by atoms with Crippen LogP contribution >= 0.6 is 0 Å². The molecule has 3 heterocycles. The number of hydrogen-bond acceptors (Lipinski definition) is 7. The van der Waals surface area contributed by atoms with Gasteiger partial charge in [-0.2, -0.15) is 0 Å². The second-order valence-corrected chi connectivity index (χ2v) is 7.53. The number of hydrogen-bond donors (Lipinski definition) is 2. The quantitative estimate of drug-likeness (QED) is 0.704. The highest BCUT2D eigenvalue weighted by atomic mass is 19.1. The molecule has 1 saturated heterocycles. The summed E-state index contributed by atoms with van der Waals surface area (Å²) in [6.07, 6.45) is 9.42. The van der Waals surface area contributed by atoms with Gasteiger partial charge in [0.25, 0.3) is 0 Å². The fourth-order valence-electron chi connectivity index (χ4n) is 3.87. The molecular weight excluding hydrogens is 399 g/mol. The molecule has 1 unspecified atom stereocenters. The highest BCUT2D eigenvalue weighted by molar-refractivity contribution is 5.73. The SMILES string of the molecule is COc1cccc(C(CO)N2C=CC(c3ccnc(NC4CCOCC4)n3)=CC2)c1F. The highest BCUT2D eigenvalue weighted by Gasteiger charge is 2.23. The normalized spacial score (nSPS) is 17.9. The Labute approximate surface area is 181 Å². The molecule has 7 nitrogen and oxygen atoms in total. The van der Waals surface area contributed by atoms with Gasteiger partial charge in [-0.1, -0.05) is 18.2 Å². The minimum atomic E-state index is -0.514. The Morgan fingerprint density at radius 1 is 1.32 bits per heavy atom. The van der Waals surface area contributed by atoms with Crippen LogP contribution in [0.4, 0.5) is 10.3 Å². The average Bonchev–Trinajstić information content (AvgIpc) is 2.82. The van der Waals surface area contributed by atoms with Crippen LogP contribution in [-0.2, 0) is 4.74 Å². The van der Waals surface area contributed by atoms with E-state index in [1.807, 2.05) is 29.3 Å². The smallest absolute Gasteiger partial charge is 0.223 e. The van der Waals surface area contributed by atoms with E-state index in [1.165, 1.54) is 7.11 Å². The lowest BCUT2D eigenvalue weighted by Gasteiger charge is -2.31. The third-order valence-electron chi connectivity index (χ3n) is 5.62. The predicted molar refractivity (Wildman–Crippen MR) is 116 cm³/mol. The Kier molecular flexibility index (Phi) is 6.79. The Balaban J connectivity index is 1.47. The lowest BCUT2D eigenvalue weighted by atomic mass is 10.0. The van der Waals surface area contributed by atoms with Gasteiger partial charge < -0.3 is 24.8 Å². The summed E-state index contributed by atoms with van der Waals surface area (Å²) < 4.78 is 25.2. The van der Waals surface area contributed by atoms with E-state index in [1.54, 1.807) is 24.4 Å². The summed E-state index contributed by atoms with van der Waals surface area (Å²) in [5, 5.41) is 13.3. The number of rotatable bonds is 7. The number of anilines is 1. The molecule has 1 atom stereocenters. The van der Waals surface area contributed by atoms with E-state index in [4.69, 9.17) is 9.47 Å². The van der Waals surface area contributed by atoms with Crippen LogP contribution < -0.4 is 10.1 Å². The van der Waals surface area contributed by atoms with E-state index >= 15 is 0 Å². The highest BCUT2D eigenvalue weighted by Crippen LogP contribution is 2.31. The van der Waals surface area contributed by atoms with Gasteiger partial charge in [-0.3, -0.25) is 0 Å². The first kappa shape index (κ1) is 21.3. The Bertz CT molecular complexity index is 960. The molecule has 8 heteroatoms. The number of aromatic nitrogens is 2. The molecule has 1 aromatic heterocycles. The minimum Gasteiger partial charge on any atom is -0.494 e. The molecule has 1 fully saturated rings. The van der Waals surface area contributed by atoms with E-state index in [-0.39, 0.29) is 12.4 Å². The van der Waals surface area contributed by atoms with Crippen molar-refractivity contribution in [2.24, 2.45) is 0 Å². The first-order chi connectivity index (χ1) is 15.2. The number of nitrogens with zero attached hydrogens (tertiary/aromatic N) is 3. The first-order valence-corrected chi connectivity index (χ1v) is 10.4. The number of halogens is 1. The number of aliphatic hydroxyl groups is 1. The average molecular weight is 426 g/mol. The molecule has 2 aromatic rings. The van der Waals surface area contributed by atoms with Crippen molar-refractivity contribution in [3.8, 4) is 5.75 Å². The Hall–Kier alpha value is -2.97. The van der Waals surface area contributed by atoms with Gasteiger partial charge in [-0.15, -0.1) is 0 Å². The zero-order valence-corrected chi connectivity index (χ0v) is 17.5. The van der Waals surface area contributed by atoms with Crippen molar-refractivity contribution in [1.82, 2.24) is 14.9 Å². The van der Waals surface area contributed by atoms with Crippen LogP contribution in [0.2, 0.25) is 0 Å². The maximum atomic E-state index is 14.7. The van der Waals surface area contributed by atoms with Crippen molar-refractivity contribution >= 4 is 11.5 Å². The molecule has 164 valence electrons. The standard InChI is InChI=1S/C23H27FN4O3/c1-30-21-4-2-3-18(22(21)24)20(15-29)28-11-6-16(7-12-28)19-5-10-25-23(27-19)26-17-8-13-31-14-9-17/h2-7,10-11,17,20,29H,8-9,12-15H2,1H3,(H,25,26,27). The zero-order chi connectivity index (χ0) is 21.6. The summed E-state index contributed by atoms with van der Waals surface area (Å²) in [7, 11) is 1.43. The van der Waals surface area contributed by atoms with Crippen LogP contribution in [0.15, 0.2) is 48.8 Å².